The molecule has 0 unspecified atom stereocenters. The van der Waals surface area contributed by atoms with Crippen molar-refractivity contribution in [1.29, 1.82) is 0 Å². The Morgan fingerprint density at radius 1 is 1.31 bits per heavy atom. The number of rotatable bonds is 6. The third-order valence-electron chi connectivity index (χ3n) is 4.64. The predicted molar refractivity (Wildman–Crippen MR) is 100 cm³/mol. The van der Waals surface area contributed by atoms with Crippen molar-refractivity contribution < 1.29 is 19.4 Å². The van der Waals surface area contributed by atoms with Crippen LogP contribution in [0.1, 0.15) is 38.2 Å². The van der Waals surface area contributed by atoms with Gasteiger partial charge in [0.15, 0.2) is 5.96 Å². The van der Waals surface area contributed by atoms with Gasteiger partial charge in [0, 0.05) is 25.2 Å². The number of phenols is 1. The molecule has 0 radical (unpaired) electrons. The van der Waals surface area contributed by atoms with Crippen LogP contribution >= 0.6 is 0 Å². The fourth-order valence-corrected chi connectivity index (χ4v) is 3.13. The van der Waals surface area contributed by atoms with Crippen LogP contribution in [0, 0.1) is 5.92 Å². The Hall–Kier alpha value is -2.44. The van der Waals surface area contributed by atoms with Crippen molar-refractivity contribution in [2.24, 2.45) is 10.9 Å². The second-order valence-corrected chi connectivity index (χ2v) is 6.37. The highest BCUT2D eigenvalue weighted by Crippen LogP contribution is 2.25. The number of benzene rings is 1. The van der Waals surface area contributed by atoms with Crippen LogP contribution in [-0.4, -0.2) is 43.8 Å². The molecule has 144 valence electrons. The Morgan fingerprint density at radius 3 is 2.65 bits per heavy atom. The van der Waals surface area contributed by atoms with E-state index >= 15 is 0 Å². The maximum atomic E-state index is 11.8. The van der Waals surface area contributed by atoms with E-state index in [2.05, 4.69) is 15.6 Å². The number of guanidine groups is 1. The number of aromatic hydroxyl groups is 1. The molecule has 2 rings (SSSR count). The number of carbonyl (C=O) groups excluding carboxylic acids is 1. The molecule has 0 saturated heterocycles. The minimum Gasteiger partial charge on any atom is -0.508 e. The van der Waals surface area contributed by atoms with Crippen molar-refractivity contribution in [1.82, 2.24) is 10.6 Å². The molecule has 0 bridgehead atoms. The Morgan fingerprint density at radius 2 is 2.04 bits per heavy atom. The Labute approximate surface area is 154 Å². The summed E-state index contributed by atoms with van der Waals surface area (Å²) in [6.07, 6.45) is 3.44. The second kappa shape index (κ2) is 9.89. The summed E-state index contributed by atoms with van der Waals surface area (Å²) in [5, 5.41) is 16.6. The molecular formula is C19H29N3O4. The lowest BCUT2D eigenvalue weighted by atomic mass is 9.86. The molecule has 0 aliphatic heterocycles. The van der Waals surface area contributed by atoms with Crippen LogP contribution in [0.15, 0.2) is 23.2 Å². The maximum Gasteiger partial charge on any atom is 0.308 e. The number of esters is 1. The zero-order chi connectivity index (χ0) is 18.9. The molecule has 7 nitrogen and oxygen atoms in total. The number of ether oxygens (including phenoxy) is 2. The number of hydrogen-bond acceptors (Lipinski definition) is 5. The van der Waals surface area contributed by atoms with E-state index in [0.29, 0.717) is 24.9 Å². The molecule has 0 spiro atoms. The lowest BCUT2D eigenvalue weighted by molar-refractivity contribution is -0.149. The fraction of sp³-hybridized carbons (Fsp3) is 0.579. The first kappa shape index (κ1) is 19.9. The number of nitrogens with one attached hydrogen (secondary N) is 2. The van der Waals surface area contributed by atoms with E-state index in [1.165, 1.54) is 0 Å². The summed E-state index contributed by atoms with van der Waals surface area (Å²) in [6.45, 7) is 2.70. The van der Waals surface area contributed by atoms with Gasteiger partial charge in [-0.1, -0.05) is 0 Å². The molecule has 1 aliphatic carbocycles. The molecule has 0 heterocycles. The molecule has 7 heteroatoms. The third-order valence-corrected chi connectivity index (χ3v) is 4.64. The van der Waals surface area contributed by atoms with Gasteiger partial charge in [0.25, 0.3) is 0 Å². The molecule has 1 aliphatic rings. The highest BCUT2D eigenvalue weighted by Gasteiger charge is 2.27. The van der Waals surface area contributed by atoms with Crippen molar-refractivity contribution >= 4 is 11.9 Å². The van der Waals surface area contributed by atoms with Crippen LogP contribution in [0.4, 0.5) is 0 Å². The summed E-state index contributed by atoms with van der Waals surface area (Å²) in [5.41, 5.74) is 0.735. The molecule has 3 N–H and O–H groups in total. The Balaban J connectivity index is 1.83. The quantitative estimate of drug-likeness (QED) is 0.408. The third kappa shape index (κ3) is 5.54. The van der Waals surface area contributed by atoms with E-state index in [1.807, 2.05) is 6.92 Å². The van der Waals surface area contributed by atoms with Gasteiger partial charge >= 0.3 is 5.97 Å². The van der Waals surface area contributed by atoms with Crippen LogP contribution in [0.25, 0.3) is 0 Å². The smallest absolute Gasteiger partial charge is 0.308 e. The van der Waals surface area contributed by atoms with E-state index in [4.69, 9.17) is 9.47 Å². The summed E-state index contributed by atoms with van der Waals surface area (Å²) in [7, 11) is 3.31. The molecule has 1 aromatic rings. The molecule has 0 aromatic heterocycles. The first-order valence-electron chi connectivity index (χ1n) is 9.07. The number of phenolic OH excluding ortho intramolecular Hbond substituents is 1. The Kier molecular flexibility index (Phi) is 7.56. The van der Waals surface area contributed by atoms with Gasteiger partial charge in [-0.3, -0.25) is 9.79 Å². The summed E-state index contributed by atoms with van der Waals surface area (Å²) in [4.78, 5) is 16.1. The average Bonchev–Trinajstić information content (AvgIpc) is 2.66. The van der Waals surface area contributed by atoms with Crippen molar-refractivity contribution in [3.63, 3.8) is 0 Å². The van der Waals surface area contributed by atoms with Crippen LogP contribution in [0.3, 0.4) is 0 Å². The number of hydrogen-bond donors (Lipinski definition) is 3. The number of carbonyl (C=O) groups is 1. The van der Waals surface area contributed by atoms with Crippen molar-refractivity contribution in [2.45, 2.75) is 45.2 Å². The minimum absolute atomic E-state index is 0.0108. The number of aliphatic imine (C=N–C) groups is 1. The lowest BCUT2D eigenvalue weighted by Crippen LogP contribution is -2.45. The average molecular weight is 363 g/mol. The standard InChI is InChI=1S/C19H29N3O4/c1-4-26-18(24)13-5-7-15(8-6-13)22-19(20-2)21-12-14-11-16(25-3)9-10-17(14)23/h9-11,13,15,23H,4-8,12H2,1-3H3,(H2,20,21,22). The van der Waals surface area contributed by atoms with E-state index < -0.39 is 0 Å². The van der Waals surface area contributed by atoms with Crippen LogP contribution in [0.5, 0.6) is 11.5 Å². The number of nitrogens with zero attached hydrogens (tertiary/aromatic N) is 1. The van der Waals surface area contributed by atoms with Crippen molar-refractivity contribution in [2.75, 3.05) is 20.8 Å². The van der Waals surface area contributed by atoms with Gasteiger partial charge in [-0.25, -0.2) is 0 Å². The van der Waals surface area contributed by atoms with Gasteiger partial charge in [-0.15, -0.1) is 0 Å². The number of methoxy groups -OCH3 is 1. The fourth-order valence-electron chi connectivity index (χ4n) is 3.13. The highest BCUT2D eigenvalue weighted by atomic mass is 16.5. The van der Waals surface area contributed by atoms with E-state index in [9.17, 15) is 9.90 Å². The van der Waals surface area contributed by atoms with Crippen molar-refractivity contribution in [3.8, 4) is 11.5 Å². The monoisotopic (exact) mass is 363 g/mol. The zero-order valence-electron chi connectivity index (χ0n) is 15.7. The van der Waals surface area contributed by atoms with Crippen LogP contribution in [0.2, 0.25) is 0 Å². The van der Waals surface area contributed by atoms with E-state index in [1.54, 1.807) is 32.4 Å². The highest BCUT2D eigenvalue weighted by molar-refractivity contribution is 5.80. The molecule has 0 amide bonds. The lowest BCUT2D eigenvalue weighted by Gasteiger charge is -2.29. The largest absolute Gasteiger partial charge is 0.508 e. The van der Waals surface area contributed by atoms with Gasteiger partial charge in [-0.05, 0) is 50.8 Å². The van der Waals surface area contributed by atoms with Crippen molar-refractivity contribution in [3.05, 3.63) is 23.8 Å². The summed E-state index contributed by atoms with van der Waals surface area (Å²) in [6, 6.07) is 5.39. The molecule has 1 saturated carbocycles. The first-order chi connectivity index (χ1) is 12.6. The molecule has 1 fully saturated rings. The normalized spacial score (nSPS) is 20.3. The SMILES string of the molecule is CCOC(=O)C1CCC(NC(=NC)NCc2cc(OC)ccc2O)CC1. The molecular weight excluding hydrogens is 334 g/mol. The van der Waals surface area contributed by atoms with Gasteiger partial charge in [0.2, 0.25) is 0 Å². The van der Waals surface area contributed by atoms with E-state index in [0.717, 1.165) is 31.2 Å². The summed E-state index contributed by atoms with van der Waals surface area (Å²) >= 11 is 0. The molecule has 0 atom stereocenters. The molecule has 1 aromatic carbocycles. The van der Waals surface area contributed by atoms with Gasteiger partial charge < -0.3 is 25.2 Å². The maximum absolute atomic E-state index is 11.8. The minimum atomic E-state index is -0.0815. The van der Waals surface area contributed by atoms with E-state index in [-0.39, 0.29) is 23.7 Å². The summed E-state index contributed by atoms with van der Waals surface area (Å²) in [5.74, 6) is 1.51. The van der Waals surface area contributed by atoms with Gasteiger partial charge in [0.1, 0.15) is 11.5 Å². The predicted octanol–water partition coefficient (Wildman–Crippen LogP) is 2.19. The Bertz CT molecular complexity index is 625. The van der Waals surface area contributed by atoms with Crippen LogP contribution in [-0.2, 0) is 16.1 Å². The second-order valence-electron chi connectivity index (χ2n) is 6.37. The summed E-state index contributed by atoms with van der Waals surface area (Å²) < 4.78 is 10.3. The zero-order valence-corrected chi connectivity index (χ0v) is 15.7. The van der Waals surface area contributed by atoms with Gasteiger partial charge in [-0.2, -0.15) is 0 Å². The first-order valence-corrected chi connectivity index (χ1v) is 9.07. The topological polar surface area (TPSA) is 92.2 Å². The van der Waals surface area contributed by atoms with Gasteiger partial charge in [0.05, 0.1) is 19.6 Å². The molecule has 26 heavy (non-hydrogen) atoms. The van der Waals surface area contributed by atoms with Crippen LogP contribution < -0.4 is 15.4 Å².